The second-order valence-corrected chi connectivity index (χ2v) is 2.75. The molecule has 1 aliphatic heterocycles. The Morgan fingerprint density at radius 3 is 3.00 bits per heavy atom. The first-order valence-corrected chi connectivity index (χ1v) is 4.02. The van der Waals surface area contributed by atoms with Gasteiger partial charge in [0.1, 0.15) is 0 Å². The summed E-state index contributed by atoms with van der Waals surface area (Å²) in [5.74, 6) is 0. The van der Waals surface area contributed by atoms with Crippen molar-refractivity contribution in [1.29, 1.82) is 0 Å². The molecule has 0 saturated carbocycles. The second-order valence-electron chi connectivity index (χ2n) is 2.75. The normalized spacial score (nSPS) is 25.5. The van der Waals surface area contributed by atoms with Crippen molar-refractivity contribution in [3.05, 3.63) is 0 Å². The first kappa shape index (κ1) is 7.98. The maximum atomic E-state index is 3.46. The summed E-state index contributed by atoms with van der Waals surface area (Å²) in [5, 5.41) is 9.88. The third-order valence-electron chi connectivity index (χ3n) is 1.87. The molecule has 60 valence electrons. The van der Waals surface area contributed by atoms with Crippen LogP contribution in [-0.2, 0) is 0 Å². The predicted molar refractivity (Wildman–Crippen MR) is 43.2 cm³/mol. The number of likely N-dealkylation sites (N-methyl/N-ethyl adjacent to an activating group) is 1. The van der Waals surface area contributed by atoms with Crippen LogP contribution in [0.25, 0.3) is 0 Å². The molecular formula is C7H17N3. The second kappa shape index (κ2) is 4.66. The van der Waals surface area contributed by atoms with E-state index in [2.05, 4.69) is 16.0 Å². The lowest BCUT2D eigenvalue weighted by atomic mass is 10.2. The van der Waals surface area contributed by atoms with Gasteiger partial charge in [-0.3, -0.25) is 0 Å². The van der Waals surface area contributed by atoms with Crippen LogP contribution in [0.4, 0.5) is 0 Å². The van der Waals surface area contributed by atoms with Gasteiger partial charge in [-0.2, -0.15) is 0 Å². The van der Waals surface area contributed by atoms with Gasteiger partial charge in [-0.25, -0.2) is 0 Å². The number of hydrogen-bond acceptors (Lipinski definition) is 3. The van der Waals surface area contributed by atoms with Crippen LogP contribution >= 0.6 is 0 Å². The maximum Gasteiger partial charge on any atom is 0.0205 e. The van der Waals surface area contributed by atoms with Gasteiger partial charge in [-0.15, -0.1) is 0 Å². The first-order valence-electron chi connectivity index (χ1n) is 4.02. The molecule has 1 heterocycles. The van der Waals surface area contributed by atoms with Crippen molar-refractivity contribution < 1.29 is 0 Å². The van der Waals surface area contributed by atoms with Crippen LogP contribution < -0.4 is 16.0 Å². The first-order chi connectivity index (χ1) is 4.93. The Morgan fingerprint density at radius 1 is 1.50 bits per heavy atom. The Labute approximate surface area is 62.6 Å². The van der Waals surface area contributed by atoms with Gasteiger partial charge in [0.05, 0.1) is 0 Å². The smallest absolute Gasteiger partial charge is 0.0205 e. The van der Waals surface area contributed by atoms with Crippen LogP contribution in [0.1, 0.15) is 6.42 Å². The molecule has 0 aromatic rings. The van der Waals surface area contributed by atoms with Crippen LogP contribution in [0.3, 0.4) is 0 Å². The van der Waals surface area contributed by atoms with Crippen molar-refractivity contribution in [3.63, 3.8) is 0 Å². The molecule has 1 unspecified atom stereocenters. The lowest BCUT2D eigenvalue weighted by Gasteiger charge is -2.09. The topological polar surface area (TPSA) is 36.1 Å². The van der Waals surface area contributed by atoms with E-state index in [0.29, 0.717) is 6.04 Å². The third kappa shape index (κ3) is 2.64. The van der Waals surface area contributed by atoms with Crippen molar-refractivity contribution in [3.8, 4) is 0 Å². The fourth-order valence-corrected chi connectivity index (χ4v) is 1.23. The molecule has 3 nitrogen and oxygen atoms in total. The largest absolute Gasteiger partial charge is 0.318 e. The van der Waals surface area contributed by atoms with Gasteiger partial charge in [0.15, 0.2) is 0 Å². The predicted octanol–water partition coefficient (Wildman–Crippen LogP) is -0.843. The fourth-order valence-electron chi connectivity index (χ4n) is 1.23. The van der Waals surface area contributed by atoms with E-state index in [1.54, 1.807) is 0 Å². The molecule has 0 bridgehead atoms. The van der Waals surface area contributed by atoms with Crippen molar-refractivity contribution in [2.75, 3.05) is 33.2 Å². The number of hydrogen-bond donors (Lipinski definition) is 3. The van der Waals surface area contributed by atoms with E-state index in [-0.39, 0.29) is 0 Å². The molecule has 0 radical (unpaired) electrons. The Bertz CT molecular complexity index is 78.9. The monoisotopic (exact) mass is 143 g/mol. The van der Waals surface area contributed by atoms with E-state index < -0.39 is 0 Å². The van der Waals surface area contributed by atoms with Crippen LogP contribution in [0.15, 0.2) is 0 Å². The minimum Gasteiger partial charge on any atom is -0.318 e. The molecule has 0 spiro atoms. The summed E-state index contributed by atoms with van der Waals surface area (Å²) in [6.45, 7) is 4.47. The minimum absolute atomic E-state index is 0.716. The summed E-state index contributed by atoms with van der Waals surface area (Å²) in [4.78, 5) is 0. The average molecular weight is 143 g/mol. The molecule has 1 aliphatic rings. The summed E-state index contributed by atoms with van der Waals surface area (Å²) in [5.41, 5.74) is 0. The van der Waals surface area contributed by atoms with Gasteiger partial charge in [0.25, 0.3) is 0 Å². The van der Waals surface area contributed by atoms with Crippen molar-refractivity contribution >= 4 is 0 Å². The summed E-state index contributed by atoms with van der Waals surface area (Å²) in [7, 11) is 1.98. The van der Waals surface area contributed by atoms with E-state index in [9.17, 15) is 0 Å². The zero-order valence-corrected chi connectivity index (χ0v) is 6.61. The summed E-state index contributed by atoms with van der Waals surface area (Å²) >= 11 is 0. The highest BCUT2D eigenvalue weighted by molar-refractivity contribution is 4.76. The molecular weight excluding hydrogens is 126 g/mol. The van der Waals surface area contributed by atoms with Gasteiger partial charge < -0.3 is 16.0 Å². The average Bonchev–Trinajstić information content (AvgIpc) is 2.41. The van der Waals surface area contributed by atoms with Crippen molar-refractivity contribution in [2.24, 2.45) is 0 Å². The molecule has 3 heteroatoms. The zero-order valence-electron chi connectivity index (χ0n) is 6.61. The van der Waals surface area contributed by atoms with E-state index >= 15 is 0 Å². The standard InChI is InChI=1S/C7H17N3/c1-8-4-5-10-7-2-3-9-6-7/h7-10H,2-6H2,1H3. The molecule has 3 N–H and O–H groups in total. The van der Waals surface area contributed by atoms with E-state index in [4.69, 9.17) is 0 Å². The zero-order chi connectivity index (χ0) is 7.23. The van der Waals surface area contributed by atoms with E-state index in [1.165, 1.54) is 13.0 Å². The van der Waals surface area contributed by atoms with Gasteiger partial charge in [-0.05, 0) is 20.0 Å². The molecule has 1 atom stereocenters. The quantitative estimate of drug-likeness (QED) is 0.449. The third-order valence-corrected chi connectivity index (χ3v) is 1.87. The lowest BCUT2D eigenvalue weighted by Crippen LogP contribution is -2.35. The highest BCUT2D eigenvalue weighted by atomic mass is 15.0. The molecule has 0 aromatic carbocycles. The summed E-state index contributed by atoms with van der Waals surface area (Å²) in [6, 6.07) is 0.716. The highest BCUT2D eigenvalue weighted by Crippen LogP contribution is 1.94. The van der Waals surface area contributed by atoms with Gasteiger partial charge in [0, 0.05) is 25.7 Å². The molecule has 0 aliphatic carbocycles. The Kier molecular flexibility index (Phi) is 3.72. The van der Waals surface area contributed by atoms with Crippen LogP contribution in [-0.4, -0.2) is 39.3 Å². The minimum atomic E-state index is 0.716. The van der Waals surface area contributed by atoms with Gasteiger partial charge >= 0.3 is 0 Å². The Morgan fingerprint density at radius 2 is 2.40 bits per heavy atom. The highest BCUT2D eigenvalue weighted by Gasteiger charge is 2.11. The molecule has 0 aromatic heterocycles. The fraction of sp³-hybridized carbons (Fsp3) is 1.00. The summed E-state index contributed by atoms with van der Waals surface area (Å²) < 4.78 is 0. The SMILES string of the molecule is CNCCNC1CCNC1. The van der Waals surface area contributed by atoms with Crippen molar-refractivity contribution in [1.82, 2.24) is 16.0 Å². The van der Waals surface area contributed by atoms with Crippen molar-refractivity contribution in [2.45, 2.75) is 12.5 Å². The molecule has 10 heavy (non-hydrogen) atoms. The van der Waals surface area contributed by atoms with Gasteiger partial charge in [0.2, 0.25) is 0 Å². The maximum absolute atomic E-state index is 3.46. The van der Waals surface area contributed by atoms with Crippen LogP contribution in [0.5, 0.6) is 0 Å². The van der Waals surface area contributed by atoms with Crippen LogP contribution in [0, 0.1) is 0 Å². The van der Waals surface area contributed by atoms with E-state index in [1.807, 2.05) is 7.05 Å². The Hall–Kier alpha value is -0.120. The van der Waals surface area contributed by atoms with Crippen LogP contribution in [0.2, 0.25) is 0 Å². The molecule has 1 rings (SSSR count). The van der Waals surface area contributed by atoms with Gasteiger partial charge in [-0.1, -0.05) is 0 Å². The molecule has 1 saturated heterocycles. The molecule has 1 fully saturated rings. The number of nitrogens with one attached hydrogen (secondary N) is 3. The molecule has 0 amide bonds. The summed E-state index contributed by atoms with van der Waals surface area (Å²) in [6.07, 6.45) is 1.28. The number of rotatable bonds is 4. The Balaban J connectivity index is 1.91. The lowest BCUT2D eigenvalue weighted by molar-refractivity contribution is 0.539. The van der Waals surface area contributed by atoms with E-state index in [0.717, 1.165) is 19.6 Å².